The lowest BCUT2D eigenvalue weighted by Crippen LogP contribution is -2.13. The molecule has 3 aromatic rings. The summed E-state index contributed by atoms with van der Waals surface area (Å²) in [5, 5.41) is 10.5. The number of hydrogen-bond acceptors (Lipinski definition) is 1. The van der Waals surface area contributed by atoms with E-state index in [1.54, 1.807) is 30.3 Å². The second-order valence-corrected chi connectivity index (χ2v) is 8.43. The van der Waals surface area contributed by atoms with Crippen LogP contribution < -0.4 is 0 Å². The molecule has 0 heterocycles. The molecule has 0 saturated heterocycles. The zero-order valence-corrected chi connectivity index (χ0v) is 16.9. The first-order valence-corrected chi connectivity index (χ1v) is 10.8. The van der Waals surface area contributed by atoms with Crippen LogP contribution in [0.15, 0.2) is 48.5 Å². The molecule has 1 aliphatic carbocycles. The Morgan fingerprint density at radius 1 is 0.931 bits per heavy atom. The third kappa shape index (κ3) is 4.14. The first kappa shape index (κ1) is 19.9. The van der Waals surface area contributed by atoms with E-state index < -0.39 is 5.82 Å². The van der Waals surface area contributed by atoms with Gasteiger partial charge in [-0.05, 0) is 72.2 Å². The molecule has 0 amide bonds. The molecule has 0 spiro atoms. The minimum atomic E-state index is -0.639. The summed E-state index contributed by atoms with van der Waals surface area (Å²) in [6.45, 7) is 2.24. The topological polar surface area (TPSA) is 20.2 Å². The van der Waals surface area contributed by atoms with Crippen molar-refractivity contribution >= 4 is 10.8 Å². The molecule has 0 unspecified atom stereocenters. The van der Waals surface area contributed by atoms with Crippen LogP contribution in [-0.2, 0) is 0 Å². The summed E-state index contributed by atoms with van der Waals surface area (Å²) in [4.78, 5) is 0. The quantitative estimate of drug-likeness (QED) is 0.465. The van der Waals surface area contributed by atoms with Crippen LogP contribution >= 0.6 is 0 Å². The summed E-state index contributed by atoms with van der Waals surface area (Å²) in [5.41, 5.74) is 2.34. The molecule has 152 valence electrons. The maximum absolute atomic E-state index is 15.0. The predicted octanol–water partition coefficient (Wildman–Crippen LogP) is 7.95. The molecule has 0 radical (unpaired) electrons. The molecule has 3 heteroatoms. The highest BCUT2D eigenvalue weighted by Crippen LogP contribution is 2.39. The van der Waals surface area contributed by atoms with E-state index in [0.29, 0.717) is 22.3 Å². The first-order valence-electron chi connectivity index (χ1n) is 10.8. The highest BCUT2D eigenvalue weighted by atomic mass is 19.1. The number of unbranched alkanes of at least 4 members (excludes halogenated alkanes) is 1. The van der Waals surface area contributed by atoms with Crippen LogP contribution in [0.2, 0.25) is 0 Å². The molecule has 0 aromatic heterocycles. The van der Waals surface area contributed by atoms with Crippen molar-refractivity contribution in [3.63, 3.8) is 0 Å². The average Bonchev–Trinajstić information content (AvgIpc) is 2.75. The normalized spacial score (nSPS) is 19.6. The zero-order chi connectivity index (χ0) is 20.4. The lowest BCUT2D eigenvalue weighted by atomic mass is 9.77. The monoisotopic (exact) mass is 394 g/mol. The number of aromatic hydroxyl groups is 1. The summed E-state index contributed by atoms with van der Waals surface area (Å²) < 4.78 is 29.0. The number of phenolic OH excluding ortho intramolecular Hbond substituents is 1. The van der Waals surface area contributed by atoms with Crippen LogP contribution in [0.5, 0.6) is 5.75 Å². The van der Waals surface area contributed by atoms with Crippen molar-refractivity contribution in [1.29, 1.82) is 0 Å². The molecule has 3 aromatic carbocycles. The molecule has 1 aliphatic rings. The van der Waals surface area contributed by atoms with E-state index in [2.05, 4.69) is 13.0 Å². The minimum absolute atomic E-state index is 0.228. The van der Waals surface area contributed by atoms with Crippen molar-refractivity contribution in [2.24, 2.45) is 5.92 Å². The summed E-state index contributed by atoms with van der Waals surface area (Å²) in [7, 11) is 0. The molecule has 1 N–H and O–H groups in total. The van der Waals surface area contributed by atoms with Gasteiger partial charge in [0.1, 0.15) is 5.82 Å². The Balaban J connectivity index is 1.54. The van der Waals surface area contributed by atoms with E-state index in [4.69, 9.17) is 0 Å². The number of halogens is 2. The standard InChI is InChI=1S/C26H28F2O/c1-2-3-4-17-5-7-18(8-6-17)19-9-12-22(24(27)16-19)20-10-13-23-21(15-20)11-14-25(29)26(23)28/h9-18,29H,2-8H2,1H3. The number of phenols is 1. The third-order valence-electron chi connectivity index (χ3n) is 6.52. The lowest BCUT2D eigenvalue weighted by Gasteiger charge is -2.29. The fourth-order valence-corrected chi connectivity index (χ4v) is 4.74. The molecule has 0 atom stereocenters. The summed E-state index contributed by atoms with van der Waals surface area (Å²) >= 11 is 0. The van der Waals surface area contributed by atoms with Gasteiger partial charge in [-0.1, -0.05) is 56.5 Å². The smallest absolute Gasteiger partial charge is 0.172 e. The zero-order valence-electron chi connectivity index (χ0n) is 16.9. The largest absolute Gasteiger partial charge is 0.505 e. The van der Waals surface area contributed by atoms with Gasteiger partial charge in [-0.25, -0.2) is 8.78 Å². The second-order valence-electron chi connectivity index (χ2n) is 8.43. The molecule has 0 aliphatic heterocycles. The van der Waals surface area contributed by atoms with Crippen molar-refractivity contribution < 1.29 is 13.9 Å². The Bertz CT molecular complexity index is 1000. The molecule has 1 nitrogen and oxygen atoms in total. The molecule has 0 bridgehead atoms. The van der Waals surface area contributed by atoms with Gasteiger partial charge in [0, 0.05) is 10.9 Å². The van der Waals surface area contributed by atoms with E-state index in [1.165, 1.54) is 38.2 Å². The van der Waals surface area contributed by atoms with Gasteiger partial charge in [0.15, 0.2) is 11.6 Å². The van der Waals surface area contributed by atoms with Crippen LogP contribution in [0.25, 0.3) is 21.9 Å². The summed E-state index contributed by atoms with van der Waals surface area (Å²) in [6.07, 6.45) is 8.69. The molecular formula is C26H28F2O. The fourth-order valence-electron chi connectivity index (χ4n) is 4.74. The van der Waals surface area contributed by atoms with E-state index >= 15 is 0 Å². The van der Waals surface area contributed by atoms with Gasteiger partial charge in [0.05, 0.1) is 0 Å². The van der Waals surface area contributed by atoms with Gasteiger partial charge in [-0.3, -0.25) is 0 Å². The molecule has 1 fully saturated rings. The van der Waals surface area contributed by atoms with Gasteiger partial charge in [-0.2, -0.15) is 0 Å². The maximum atomic E-state index is 15.0. The van der Waals surface area contributed by atoms with Crippen molar-refractivity contribution in [3.05, 3.63) is 65.7 Å². The van der Waals surface area contributed by atoms with Gasteiger partial charge in [0.2, 0.25) is 0 Å². The highest BCUT2D eigenvalue weighted by Gasteiger charge is 2.23. The minimum Gasteiger partial charge on any atom is -0.505 e. The van der Waals surface area contributed by atoms with Crippen molar-refractivity contribution in [2.75, 3.05) is 0 Å². The number of rotatable bonds is 5. The number of hydrogen-bond donors (Lipinski definition) is 1. The Kier molecular flexibility index (Phi) is 5.84. The van der Waals surface area contributed by atoms with Crippen LogP contribution in [0, 0.1) is 17.6 Å². The molecule has 29 heavy (non-hydrogen) atoms. The van der Waals surface area contributed by atoms with Crippen LogP contribution in [0.4, 0.5) is 8.78 Å². The highest BCUT2D eigenvalue weighted by molar-refractivity contribution is 5.89. The SMILES string of the molecule is CCCCC1CCC(c2ccc(-c3ccc4c(F)c(O)ccc4c3)c(F)c2)CC1. The molecular weight excluding hydrogens is 366 g/mol. The van der Waals surface area contributed by atoms with Crippen LogP contribution in [0.1, 0.15) is 63.4 Å². The van der Waals surface area contributed by atoms with Gasteiger partial charge in [0.25, 0.3) is 0 Å². The summed E-state index contributed by atoms with van der Waals surface area (Å²) in [6, 6.07) is 13.7. The molecule has 1 saturated carbocycles. The predicted molar refractivity (Wildman–Crippen MR) is 115 cm³/mol. The van der Waals surface area contributed by atoms with E-state index in [0.717, 1.165) is 29.9 Å². The summed E-state index contributed by atoms with van der Waals surface area (Å²) in [5.74, 6) is 0.0525. The number of benzene rings is 3. The Morgan fingerprint density at radius 2 is 1.72 bits per heavy atom. The Labute approximate surface area is 171 Å². The third-order valence-corrected chi connectivity index (χ3v) is 6.52. The van der Waals surface area contributed by atoms with Crippen molar-refractivity contribution in [1.82, 2.24) is 0 Å². The fraction of sp³-hybridized carbons (Fsp3) is 0.385. The maximum Gasteiger partial charge on any atom is 0.172 e. The second kappa shape index (κ2) is 8.52. The van der Waals surface area contributed by atoms with E-state index in [-0.39, 0.29) is 11.6 Å². The average molecular weight is 395 g/mol. The van der Waals surface area contributed by atoms with Crippen molar-refractivity contribution in [2.45, 2.75) is 57.8 Å². The Hall–Kier alpha value is -2.42. The van der Waals surface area contributed by atoms with E-state index in [1.807, 2.05) is 6.07 Å². The van der Waals surface area contributed by atoms with Crippen LogP contribution in [0.3, 0.4) is 0 Å². The van der Waals surface area contributed by atoms with Gasteiger partial charge in [-0.15, -0.1) is 0 Å². The Morgan fingerprint density at radius 3 is 2.45 bits per heavy atom. The van der Waals surface area contributed by atoms with Gasteiger partial charge < -0.3 is 5.11 Å². The van der Waals surface area contributed by atoms with E-state index in [9.17, 15) is 13.9 Å². The lowest BCUT2D eigenvalue weighted by molar-refractivity contribution is 0.304. The number of fused-ring (bicyclic) bond motifs is 1. The van der Waals surface area contributed by atoms with Crippen molar-refractivity contribution in [3.8, 4) is 16.9 Å². The van der Waals surface area contributed by atoms with Crippen LogP contribution in [-0.4, -0.2) is 5.11 Å². The first-order chi connectivity index (χ1) is 14.1. The van der Waals surface area contributed by atoms with Gasteiger partial charge >= 0.3 is 0 Å². The molecule has 4 rings (SSSR count).